The van der Waals surface area contributed by atoms with Gasteiger partial charge in [-0.25, -0.2) is 0 Å². The van der Waals surface area contributed by atoms with Gasteiger partial charge in [-0.2, -0.15) is 0 Å². The van der Waals surface area contributed by atoms with Crippen LogP contribution >= 0.6 is 0 Å². The normalized spacial score (nSPS) is 23.4. The molecule has 0 saturated carbocycles. The standard InChI is InChI=1S/C26H37NO4/c1-4-27(5-2)14-12-20(19-26(28)13-8-9-15-29-26)18-25(3)30-23-16-21-10-6-7-11-22(21)17-24(23)31-25/h6-7,10-11,16-17,20,28H,4-5,8-9,12-15,18-19H2,1-3H3. The SMILES string of the molecule is CCN(CC)CCC(CC1(O)CCCCO1)CC1(C)Oc2cc3ccccc3cc2O1. The number of rotatable bonds is 9. The molecule has 0 spiro atoms. The molecule has 1 N–H and O–H groups in total. The van der Waals surface area contributed by atoms with E-state index in [0.29, 0.717) is 25.9 Å². The summed E-state index contributed by atoms with van der Waals surface area (Å²) in [5, 5.41) is 13.4. The molecule has 170 valence electrons. The molecule has 2 atom stereocenters. The number of fused-ring (bicyclic) bond motifs is 2. The van der Waals surface area contributed by atoms with E-state index in [0.717, 1.165) is 61.2 Å². The van der Waals surface area contributed by atoms with Gasteiger partial charge in [-0.3, -0.25) is 0 Å². The third-order valence-electron chi connectivity index (χ3n) is 6.81. The summed E-state index contributed by atoms with van der Waals surface area (Å²) in [6, 6.07) is 12.4. The summed E-state index contributed by atoms with van der Waals surface area (Å²) >= 11 is 0. The summed E-state index contributed by atoms with van der Waals surface area (Å²) in [7, 11) is 0. The van der Waals surface area contributed by atoms with Crippen LogP contribution in [-0.2, 0) is 4.74 Å². The van der Waals surface area contributed by atoms with Crippen LogP contribution in [-0.4, -0.2) is 47.8 Å². The van der Waals surface area contributed by atoms with Gasteiger partial charge in [-0.15, -0.1) is 0 Å². The third kappa shape index (κ3) is 5.33. The lowest BCUT2D eigenvalue weighted by Crippen LogP contribution is -2.43. The average Bonchev–Trinajstić information content (AvgIpc) is 3.07. The number of hydrogen-bond acceptors (Lipinski definition) is 5. The Morgan fingerprint density at radius 3 is 2.19 bits per heavy atom. The molecule has 2 aromatic rings. The maximum Gasteiger partial charge on any atom is 0.249 e. The Labute approximate surface area is 186 Å². The van der Waals surface area contributed by atoms with Crippen LogP contribution in [0.25, 0.3) is 10.8 Å². The van der Waals surface area contributed by atoms with Crippen molar-refractivity contribution in [3.63, 3.8) is 0 Å². The summed E-state index contributed by atoms with van der Waals surface area (Å²) in [6.07, 6.45) is 5.06. The third-order valence-corrected chi connectivity index (χ3v) is 6.81. The molecule has 5 heteroatoms. The zero-order valence-electron chi connectivity index (χ0n) is 19.2. The lowest BCUT2D eigenvalue weighted by atomic mass is 9.86. The zero-order valence-corrected chi connectivity index (χ0v) is 19.2. The van der Waals surface area contributed by atoms with Crippen molar-refractivity contribution < 1.29 is 19.3 Å². The molecular weight excluding hydrogens is 390 g/mol. The molecule has 4 rings (SSSR count). The van der Waals surface area contributed by atoms with Crippen molar-refractivity contribution in [3.8, 4) is 11.5 Å². The molecule has 0 amide bonds. The monoisotopic (exact) mass is 427 g/mol. The van der Waals surface area contributed by atoms with Crippen LogP contribution in [0.1, 0.15) is 59.3 Å². The van der Waals surface area contributed by atoms with E-state index in [9.17, 15) is 5.11 Å². The van der Waals surface area contributed by atoms with E-state index in [1.54, 1.807) is 0 Å². The minimum absolute atomic E-state index is 0.234. The van der Waals surface area contributed by atoms with E-state index in [2.05, 4.69) is 43.0 Å². The molecule has 0 aromatic heterocycles. The van der Waals surface area contributed by atoms with Crippen LogP contribution in [0.2, 0.25) is 0 Å². The Balaban J connectivity index is 1.49. The molecule has 0 aliphatic carbocycles. The highest BCUT2D eigenvalue weighted by molar-refractivity contribution is 5.86. The van der Waals surface area contributed by atoms with Crippen molar-refractivity contribution in [2.24, 2.45) is 5.92 Å². The number of nitrogens with zero attached hydrogens (tertiary/aromatic N) is 1. The molecule has 2 aromatic carbocycles. The number of aliphatic hydroxyl groups is 1. The van der Waals surface area contributed by atoms with Crippen molar-refractivity contribution in [2.45, 2.75) is 70.9 Å². The Kier molecular flexibility index (Phi) is 6.75. The number of benzene rings is 2. The Bertz CT molecular complexity index is 828. The lowest BCUT2D eigenvalue weighted by Gasteiger charge is -2.37. The zero-order chi connectivity index (χ0) is 21.9. The van der Waals surface area contributed by atoms with Gasteiger partial charge >= 0.3 is 0 Å². The summed E-state index contributed by atoms with van der Waals surface area (Å²) < 4.78 is 18.5. The maximum atomic E-state index is 11.1. The lowest BCUT2D eigenvalue weighted by molar-refractivity contribution is -0.237. The predicted octanol–water partition coefficient (Wildman–Crippen LogP) is 5.34. The molecule has 0 radical (unpaired) electrons. The van der Waals surface area contributed by atoms with E-state index in [-0.39, 0.29) is 5.92 Å². The molecule has 1 saturated heterocycles. The van der Waals surface area contributed by atoms with Crippen molar-refractivity contribution in [3.05, 3.63) is 36.4 Å². The van der Waals surface area contributed by atoms with Gasteiger partial charge in [-0.1, -0.05) is 38.1 Å². The van der Waals surface area contributed by atoms with E-state index >= 15 is 0 Å². The van der Waals surface area contributed by atoms with Crippen LogP contribution in [0.5, 0.6) is 11.5 Å². The first-order chi connectivity index (χ1) is 14.9. The molecule has 2 aliphatic rings. The highest BCUT2D eigenvalue weighted by Gasteiger charge is 2.42. The predicted molar refractivity (Wildman–Crippen MR) is 123 cm³/mol. The maximum absolute atomic E-state index is 11.1. The molecule has 2 aliphatic heterocycles. The molecule has 1 fully saturated rings. The quantitative estimate of drug-likeness (QED) is 0.585. The van der Waals surface area contributed by atoms with Crippen molar-refractivity contribution >= 4 is 10.8 Å². The van der Waals surface area contributed by atoms with Crippen LogP contribution < -0.4 is 9.47 Å². The van der Waals surface area contributed by atoms with Crippen LogP contribution in [0.15, 0.2) is 36.4 Å². The molecule has 2 unspecified atom stereocenters. The summed E-state index contributed by atoms with van der Waals surface area (Å²) in [6.45, 7) is 10.1. The highest BCUT2D eigenvalue weighted by Crippen LogP contribution is 2.45. The largest absolute Gasteiger partial charge is 0.449 e. The van der Waals surface area contributed by atoms with Crippen LogP contribution in [0, 0.1) is 5.92 Å². The average molecular weight is 428 g/mol. The molecule has 5 nitrogen and oxygen atoms in total. The fourth-order valence-electron chi connectivity index (χ4n) is 5.08. The van der Waals surface area contributed by atoms with E-state index in [1.165, 1.54) is 0 Å². The number of hydrogen-bond donors (Lipinski definition) is 1. The molecule has 2 heterocycles. The highest BCUT2D eigenvalue weighted by atomic mass is 16.7. The minimum Gasteiger partial charge on any atom is -0.449 e. The summed E-state index contributed by atoms with van der Waals surface area (Å²) in [4.78, 5) is 2.43. The van der Waals surface area contributed by atoms with E-state index in [1.807, 2.05) is 19.1 Å². The van der Waals surface area contributed by atoms with Crippen molar-refractivity contribution in [1.29, 1.82) is 0 Å². The first kappa shape index (κ1) is 22.4. The molecule has 31 heavy (non-hydrogen) atoms. The smallest absolute Gasteiger partial charge is 0.249 e. The fourth-order valence-corrected chi connectivity index (χ4v) is 5.08. The van der Waals surface area contributed by atoms with Crippen molar-refractivity contribution in [2.75, 3.05) is 26.2 Å². The van der Waals surface area contributed by atoms with Gasteiger partial charge < -0.3 is 24.2 Å². The second-order valence-electron chi connectivity index (χ2n) is 9.33. The topological polar surface area (TPSA) is 51.2 Å². The molecular formula is C26H37NO4. The van der Waals surface area contributed by atoms with Crippen LogP contribution in [0.4, 0.5) is 0 Å². The van der Waals surface area contributed by atoms with Gasteiger partial charge in [-0.05, 0) is 67.7 Å². The van der Waals surface area contributed by atoms with Gasteiger partial charge in [0.05, 0.1) is 6.61 Å². The first-order valence-electron chi connectivity index (χ1n) is 11.9. The Morgan fingerprint density at radius 2 is 1.65 bits per heavy atom. The second-order valence-corrected chi connectivity index (χ2v) is 9.33. The van der Waals surface area contributed by atoms with Gasteiger partial charge in [0.2, 0.25) is 5.79 Å². The van der Waals surface area contributed by atoms with Gasteiger partial charge in [0.15, 0.2) is 17.3 Å². The van der Waals surface area contributed by atoms with E-state index < -0.39 is 11.6 Å². The Morgan fingerprint density at radius 1 is 1.00 bits per heavy atom. The second kappa shape index (κ2) is 9.35. The summed E-state index contributed by atoms with van der Waals surface area (Å²) in [5.41, 5.74) is 0. The van der Waals surface area contributed by atoms with Gasteiger partial charge in [0, 0.05) is 26.2 Å². The minimum atomic E-state index is -1.03. The number of ether oxygens (including phenoxy) is 3. The van der Waals surface area contributed by atoms with Gasteiger partial charge in [0.1, 0.15) is 0 Å². The first-order valence-corrected chi connectivity index (χ1v) is 11.9. The van der Waals surface area contributed by atoms with E-state index in [4.69, 9.17) is 14.2 Å². The Hall–Kier alpha value is -1.82. The molecule has 0 bridgehead atoms. The van der Waals surface area contributed by atoms with Crippen molar-refractivity contribution in [1.82, 2.24) is 4.90 Å². The van der Waals surface area contributed by atoms with Gasteiger partial charge in [0.25, 0.3) is 0 Å². The summed E-state index contributed by atoms with van der Waals surface area (Å²) in [5.74, 6) is 0.0755. The fraction of sp³-hybridized carbons (Fsp3) is 0.615. The van der Waals surface area contributed by atoms with Crippen LogP contribution in [0.3, 0.4) is 0 Å².